The highest BCUT2D eigenvalue weighted by atomic mass is 28.4. The highest BCUT2D eigenvalue weighted by Gasteiger charge is 2.40. The quantitative estimate of drug-likeness (QED) is 0.422. The lowest BCUT2D eigenvalue weighted by Crippen LogP contribution is -2.56. The SMILES string of the molecule is COCCO[Si](CCNC(N)=O)(OCCOC)c1ccccc1. The molecule has 0 aliphatic heterocycles. The van der Waals surface area contributed by atoms with Gasteiger partial charge in [-0.25, -0.2) is 4.79 Å². The first kappa shape index (κ1) is 19.6. The summed E-state index contributed by atoms with van der Waals surface area (Å²) in [6, 6.07) is 9.78. The van der Waals surface area contributed by atoms with Gasteiger partial charge in [0.05, 0.1) is 26.4 Å². The molecule has 23 heavy (non-hydrogen) atoms. The van der Waals surface area contributed by atoms with E-state index in [2.05, 4.69) is 5.32 Å². The Hall–Kier alpha value is -1.45. The van der Waals surface area contributed by atoms with Crippen LogP contribution in [0, 0.1) is 0 Å². The molecule has 0 spiro atoms. The van der Waals surface area contributed by atoms with Crippen molar-refractivity contribution in [1.82, 2.24) is 5.32 Å². The van der Waals surface area contributed by atoms with E-state index in [9.17, 15) is 4.79 Å². The molecule has 8 heteroatoms. The number of nitrogens with one attached hydrogen (secondary N) is 1. The number of methoxy groups -OCH3 is 2. The normalized spacial score (nSPS) is 11.4. The lowest BCUT2D eigenvalue weighted by Gasteiger charge is -2.31. The third-order valence-corrected chi connectivity index (χ3v) is 6.67. The fraction of sp³-hybridized carbons (Fsp3) is 0.533. The van der Waals surface area contributed by atoms with E-state index in [-0.39, 0.29) is 0 Å². The van der Waals surface area contributed by atoms with E-state index in [1.54, 1.807) is 14.2 Å². The minimum atomic E-state index is -2.74. The molecule has 0 atom stereocenters. The lowest BCUT2D eigenvalue weighted by molar-refractivity contribution is 0.0917. The van der Waals surface area contributed by atoms with E-state index in [0.29, 0.717) is 39.0 Å². The number of hydrogen-bond acceptors (Lipinski definition) is 5. The summed E-state index contributed by atoms with van der Waals surface area (Å²) in [5, 5.41) is 3.60. The van der Waals surface area contributed by atoms with Gasteiger partial charge in [-0.05, 0) is 5.19 Å². The molecule has 130 valence electrons. The molecule has 0 aliphatic rings. The number of ether oxygens (including phenoxy) is 2. The van der Waals surface area contributed by atoms with Crippen molar-refractivity contribution in [3.05, 3.63) is 30.3 Å². The zero-order valence-corrected chi connectivity index (χ0v) is 14.7. The molecule has 0 saturated carbocycles. The van der Waals surface area contributed by atoms with Crippen molar-refractivity contribution >= 4 is 19.8 Å². The molecule has 1 aromatic rings. The van der Waals surface area contributed by atoms with Crippen LogP contribution < -0.4 is 16.2 Å². The van der Waals surface area contributed by atoms with E-state index in [1.165, 1.54) is 0 Å². The van der Waals surface area contributed by atoms with Crippen LogP contribution >= 0.6 is 0 Å². The molecule has 1 rings (SSSR count). The van der Waals surface area contributed by atoms with Gasteiger partial charge in [0.1, 0.15) is 0 Å². The van der Waals surface area contributed by atoms with Crippen molar-refractivity contribution in [2.24, 2.45) is 5.73 Å². The fourth-order valence-electron chi connectivity index (χ4n) is 2.12. The molecule has 2 amide bonds. The van der Waals surface area contributed by atoms with Gasteiger partial charge in [0.15, 0.2) is 0 Å². The van der Waals surface area contributed by atoms with Crippen LogP contribution in [-0.4, -0.2) is 61.8 Å². The first-order valence-electron chi connectivity index (χ1n) is 7.49. The van der Waals surface area contributed by atoms with Gasteiger partial charge in [0, 0.05) is 26.8 Å². The van der Waals surface area contributed by atoms with E-state index < -0.39 is 14.6 Å². The summed E-state index contributed by atoms with van der Waals surface area (Å²) in [6.07, 6.45) is 0. The molecule has 1 aromatic carbocycles. The number of amides is 2. The summed E-state index contributed by atoms with van der Waals surface area (Å²) in [6.45, 7) is 2.16. The second-order valence-corrected chi connectivity index (χ2v) is 8.00. The minimum Gasteiger partial charge on any atom is -0.388 e. The van der Waals surface area contributed by atoms with E-state index >= 15 is 0 Å². The maximum absolute atomic E-state index is 10.9. The topological polar surface area (TPSA) is 92.0 Å². The largest absolute Gasteiger partial charge is 0.388 e. The van der Waals surface area contributed by atoms with Crippen molar-refractivity contribution in [3.8, 4) is 0 Å². The number of hydrogen-bond donors (Lipinski definition) is 2. The summed E-state index contributed by atoms with van der Waals surface area (Å²) in [4.78, 5) is 10.9. The number of primary amides is 1. The summed E-state index contributed by atoms with van der Waals surface area (Å²) >= 11 is 0. The van der Waals surface area contributed by atoms with Gasteiger partial charge in [-0.3, -0.25) is 0 Å². The molecule has 0 fully saturated rings. The third-order valence-electron chi connectivity index (χ3n) is 3.21. The summed E-state index contributed by atoms with van der Waals surface area (Å²) in [7, 11) is 0.498. The molecule has 0 saturated heterocycles. The molecular weight excluding hydrogens is 316 g/mol. The van der Waals surface area contributed by atoms with Crippen LogP contribution in [0.5, 0.6) is 0 Å². The Balaban J connectivity index is 2.91. The molecule has 0 bridgehead atoms. The maximum Gasteiger partial charge on any atom is 0.374 e. The Morgan fingerprint density at radius 1 is 1.04 bits per heavy atom. The zero-order valence-electron chi connectivity index (χ0n) is 13.7. The number of urea groups is 1. The van der Waals surface area contributed by atoms with Gasteiger partial charge >= 0.3 is 14.6 Å². The predicted octanol–water partition coefficient (Wildman–Crippen LogP) is 0.330. The Morgan fingerprint density at radius 3 is 2.09 bits per heavy atom. The Bertz CT molecular complexity index is 437. The number of carbonyl (C=O) groups excluding carboxylic acids is 1. The smallest absolute Gasteiger partial charge is 0.374 e. The van der Waals surface area contributed by atoms with Crippen molar-refractivity contribution in [1.29, 1.82) is 0 Å². The monoisotopic (exact) mass is 342 g/mol. The minimum absolute atomic E-state index is 0.385. The van der Waals surface area contributed by atoms with Crippen LogP contribution in [-0.2, 0) is 18.3 Å². The molecular formula is C15H26N2O5Si. The zero-order chi connectivity index (χ0) is 17.0. The van der Waals surface area contributed by atoms with Gasteiger partial charge in [0.2, 0.25) is 0 Å². The van der Waals surface area contributed by atoms with Crippen LogP contribution in [0.15, 0.2) is 30.3 Å². The standard InChI is InChI=1S/C15H26N2O5Si/c1-19-9-11-21-23(22-12-10-20-2,13-8-17-15(16)18)14-6-4-3-5-7-14/h3-7H,8-13H2,1-2H3,(H3,16,17,18). The van der Waals surface area contributed by atoms with Crippen molar-refractivity contribution in [3.63, 3.8) is 0 Å². The molecule has 7 nitrogen and oxygen atoms in total. The highest BCUT2D eigenvalue weighted by molar-refractivity contribution is 6.81. The number of benzene rings is 1. The lowest BCUT2D eigenvalue weighted by atomic mass is 10.4. The molecule has 3 N–H and O–H groups in total. The second-order valence-electron chi connectivity index (χ2n) is 4.84. The van der Waals surface area contributed by atoms with Gasteiger partial charge < -0.3 is 29.4 Å². The van der Waals surface area contributed by atoms with Crippen LogP contribution in [0.3, 0.4) is 0 Å². The van der Waals surface area contributed by atoms with Crippen LogP contribution in [0.4, 0.5) is 4.79 Å². The Morgan fingerprint density at radius 2 is 1.61 bits per heavy atom. The van der Waals surface area contributed by atoms with Crippen LogP contribution in [0.25, 0.3) is 0 Å². The predicted molar refractivity (Wildman–Crippen MR) is 89.9 cm³/mol. The number of carbonyl (C=O) groups is 1. The van der Waals surface area contributed by atoms with E-state index in [1.807, 2.05) is 30.3 Å². The molecule has 0 aromatic heterocycles. The molecule has 0 unspecified atom stereocenters. The van der Waals surface area contributed by atoms with Crippen molar-refractivity contribution < 1.29 is 23.1 Å². The first-order chi connectivity index (χ1) is 11.1. The second kappa shape index (κ2) is 11.1. The van der Waals surface area contributed by atoms with Gasteiger partial charge in [-0.1, -0.05) is 30.3 Å². The van der Waals surface area contributed by atoms with Crippen molar-refractivity contribution in [2.75, 3.05) is 47.2 Å². The molecule has 0 radical (unpaired) electrons. The van der Waals surface area contributed by atoms with E-state index in [0.717, 1.165) is 5.19 Å². The summed E-state index contributed by atoms with van der Waals surface area (Å²) < 4.78 is 22.4. The number of rotatable bonds is 12. The average Bonchev–Trinajstić information content (AvgIpc) is 2.55. The first-order valence-corrected chi connectivity index (χ1v) is 9.51. The van der Waals surface area contributed by atoms with Crippen molar-refractivity contribution in [2.45, 2.75) is 6.04 Å². The van der Waals surface area contributed by atoms with Crippen LogP contribution in [0.1, 0.15) is 0 Å². The molecule has 0 heterocycles. The Labute approximate surface area is 138 Å². The maximum atomic E-state index is 10.9. The number of nitrogens with two attached hydrogens (primary N) is 1. The average molecular weight is 342 g/mol. The third kappa shape index (κ3) is 7.10. The summed E-state index contributed by atoms with van der Waals surface area (Å²) in [5.74, 6) is 0. The van der Waals surface area contributed by atoms with E-state index in [4.69, 9.17) is 24.1 Å². The van der Waals surface area contributed by atoms with Gasteiger partial charge in [-0.15, -0.1) is 0 Å². The Kier molecular flexibility index (Phi) is 9.49. The summed E-state index contributed by atoms with van der Waals surface area (Å²) in [5.41, 5.74) is 5.15. The van der Waals surface area contributed by atoms with Gasteiger partial charge in [-0.2, -0.15) is 0 Å². The fourth-order valence-corrected chi connectivity index (χ4v) is 5.09. The van der Waals surface area contributed by atoms with Crippen LogP contribution in [0.2, 0.25) is 6.04 Å². The molecule has 0 aliphatic carbocycles. The van der Waals surface area contributed by atoms with Gasteiger partial charge in [0.25, 0.3) is 0 Å². The highest BCUT2D eigenvalue weighted by Crippen LogP contribution is 2.14.